The van der Waals surface area contributed by atoms with Gasteiger partial charge in [0.2, 0.25) is 5.91 Å². The van der Waals surface area contributed by atoms with E-state index >= 15 is 0 Å². The number of amides is 2. The molecule has 2 aliphatic rings. The predicted molar refractivity (Wildman–Crippen MR) is 143 cm³/mol. The molecule has 36 heavy (non-hydrogen) atoms. The molecule has 1 aliphatic heterocycles. The zero-order chi connectivity index (χ0) is 25.9. The standard InChI is InChI=1S/C25H34N6O4S/c1-17(26)21(30-35)14-28-23-25(34)31(12-11-27-23)22(19-9-5-6-10-19)24(33)29-13-20(32)16-36-15-18-7-3-2-4-8-18/h2-4,7-8,19,22,26,35H,5-6,9-16H2,1H3,(H,27,28)(H,29,33)/p+1/b26-17?,30-21-. The van der Waals surface area contributed by atoms with Gasteiger partial charge in [0.25, 0.3) is 5.91 Å². The zero-order valence-corrected chi connectivity index (χ0v) is 21.4. The highest BCUT2D eigenvalue weighted by Gasteiger charge is 2.40. The monoisotopic (exact) mass is 515 g/mol. The summed E-state index contributed by atoms with van der Waals surface area (Å²) in [6.45, 7) is 2.16. The quantitative estimate of drug-likeness (QED) is 0.217. The van der Waals surface area contributed by atoms with Crippen molar-refractivity contribution in [1.82, 2.24) is 15.5 Å². The van der Waals surface area contributed by atoms with Gasteiger partial charge in [-0.15, -0.1) is 11.8 Å². The van der Waals surface area contributed by atoms with Gasteiger partial charge in [0.1, 0.15) is 6.04 Å². The van der Waals surface area contributed by atoms with E-state index in [9.17, 15) is 14.4 Å². The van der Waals surface area contributed by atoms with E-state index < -0.39 is 6.04 Å². The predicted octanol–water partition coefficient (Wildman–Crippen LogP) is 1.11. The largest absolute Gasteiger partial charge is 0.469 e. The summed E-state index contributed by atoms with van der Waals surface area (Å²) in [5.41, 5.74) is 1.48. The Balaban J connectivity index is 1.58. The molecule has 0 radical (unpaired) electrons. The maximum atomic E-state index is 13.3. The molecule has 1 aromatic rings. The number of Topliss-reactive ketones (excluding diaryl/α,β-unsaturated/α-hetero) is 1. The van der Waals surface area contributed by atoms with Crippen molar-refractivity contribution in [3.05, 3.63) is 35.9 Å². The number of hydrogen-bond donors (Lipinski definition) is 3. The van der Waals surface area contributed by atoms with Crippen LogP contribution < -0.4 is 10.6 Å². The minimum Gasteiger partial charge on any atom is -0.469 e. The first-order valence-electron chi connectivity index (χ1n) is 12.2. The summed E-state index contributed by atoms with van der Waals surface area (Å²) in [5, 5.41) is 23.8. The van der Waals surface area contributed by atoms with E-state index in [0.29, 0.717) is 18.8 Å². The van der Waals surface area contributed by atoms with Crippen LogP contribution >= 0.6 is 11.8 Å². The van der Waals surface area contributed by atoms with Crippen LogP contribution in [0, 0.1) is 11.3 Å². The van der Waals surface area contributed by atoms with E-state index in [4.69, 9.17) is 10.6 Å². The van der Waals surface area contributed by atoms with Gasteiger partial charge in [0, 0.05) is 12.3 Å². The van der Waals surface area contributed by atoms with E-state index in [1.807, 2.05) is 30.3 Å². The lowest BCUT2D eigenvalue weighted by Gasteiger charge is -2.36. The Kier molecular flexibility index (Phi) is 10.5. The first-order chi connectivity index (χ1) is 17.4. The topological polar surface area (TPSA) is 150 Å². The van der Waals surface area contributed by atoms with Crippen LogP contribution in [0.5, 0.6) is 0 Å². The van der Waals surface area contributed by atoms with Gasteiger partial charge in [0.15, 0.2) is 17.3 Å². The molecule has 1 aromatic carbocycles. The highest BCUT2D eigenvalue weighted by Crippen LogP contribution is 2.31. The molecule has 1 saturated carbocycles. The molecule has 0 aromatic heterocycles. The molecule has 0 spiro atoms. The molecule has 10 nitrogen and oxygen atoms in total. The summed E-state index contributed by atoms with van der Waals surface area (Å²) < 4.78 is 0. The van der Waals surface area contributed by atoms with Crippen molar-refractivity contribution in [2.24, 2.45) is 16.1 Å². The maximum Gasteiger partial charge on any atom is 0.289 e. The first kappa shape index (κ1) is 27.4. The highest BCUT2D eigenvalue weighted by atomic mass is 32.2. The van der Waals surface area contributed by atoms with Gasteiger partial charge < -0.3 is 26.2 Å². The molecule has 1 unspecified atom stereocenters. The van der Waals surface area contributed by atoms with Crippen LogP contribution in [0.1, 0.15) is 38.2 Å². The Morgan fingerprint density at radius 2 is 1.97 bits per heavy atom. The minimum atomic E-state index is -0.661. The van der Waals surface area contributed by atoms with Crippen molar-refractivity contribution in [3.8, 4) is 0 Å². The van der Waals surface area contributed by atoms with Crippen LogP contribution in [0.3, 0.4) is 0 Å². The van der Waals surface area contributed by atoms with Gasteiger partial charge >= 0.3 is 0 Å². The second kappa shape index (κ2) is 13.8. The normalized spacial score (nSPS) is 17.5. The second-order valence-electron chi connectivity index (χ2n) is 8.99. The Labute approximate surface area is 215 Å². The lowest BCUT2D eigenvalue weighted by Crippen LogP contribution is -2.59. The number of thioether (sulfide) groups is 1. The third-order valence-corrected chi connectivity index (χ3v) is 7.41. The molecule has 11 heteroatoms. The van der Waals surface area contributed by atoms with Crippen molar-refractivity contribution in [1.29, 1.82) is 5.41 Å². The van der Waals surface area contributed by atoms with Crippen molar-refractivity contribution in [2.75, 3.05) is 31.9 Å². The van der Waals surface area contributed by atoms with E-state index in [1.165, 1.54) is 18.7 Å². The molecule has 5 N–H and O–H groups in total. The van der Waals surface area contributed by atoms with Gasteiger partial charge in [-0.3, -0.25) is 19.4 Å². The number of amidine groups is 1. The number of nitrogens with zero attached hydrogens (tertiary/aromatic N) is 3. The summed E-state index contributed by atoms with van der Waals surface area (Å²) >= 11 is 1.51. The molecule has 1 aliphatic carbocycles. The molecule has 2 amide bonds. The number of carbonyl (C=O) groups excluding carboxylic acids is 3. The molecular formula is C25H35N6O4S+. The smallest absolute Gasteiger partial charge is 0.289 e. The zero-order valence-electron chi connectivity index (χ0n) is 20.6. The Morgan fingerprint density at radius 3 is 2.64 bits per heavy atom. The Bertz CT molecular complexity index is 1010. The maximum absolute atomic E-state index is 13.3. The summed E-state index contributed by atoms with van der Waals surface area (Å²) in [6.07, 6.45) is 3.72. The SMILES string of the molecule is CC(=N)/C(CNC1=NCCN(C(C(=O)NCC(=O)CSCc2ccccc2)C2CCCC2)C1=O)=N\[OH2+]. The third kappa shape index (κ3) is 7.64. The summed E-state index contributed by atoms with van der Waals surface area (Å²) in [4.78, 5) is 44.8. The number of benzene rings is 1. The number of hydrogen-bond acceptors (Lipinski definition) is 8. The fraction of sp³-hybridized carbons (Fsp3) is 0.520. The van der Waals surface area contributed by atoms with Crippen LogP contribution in [0.2, 0.25) is 0 Å². The van der Waals surface area contributed by atoms with Crippen LogP contribution in [-0.4, -0.2) is 82.9 Å². The first-order valence-corrected chi connectivity index (χ1v) is 13.4. The molecule has 0 bridgehead atoms. The average molecular weight is 516 g/mol. The molecule has 1 heterocycles. The number of aliphatic imine (C=N–C) groups is 1. The van der Waals surface area contributed by atoms with Crippen molar-refractivity contribution < 1.29 is 19.6 Å². The number of nitrogens with one attached hydrogen (secondary N) is 3. The van der Waals surface area contributed by atoms with E-state index in [2.05, 4.69) is 20.8 Å². The van der Waals surface area contributed by atoms with Crippen molar-refractivity contribution >= 4 is 46.6 Å². The fourth-order valence-electron chi connectivity index (χ4n) is 4.48. The molecule has 3 rings (SSSR count). The lowest BCUT2D eigenvalue weighted by molar-refractivity contribution is -0.139. The summed E-state index contributed by atoms with van der Waals surface area (Å²) in [5.74, 6) is 0.420. The van der Waals surface area contributed by atoms with Gasteiger partial charge in [0.05, 0.1) is 36.3 Å². The molecule has 0 saturated heterocycles. The van der Waals surface area contributed by atoms with Crippen molar-refractivity contribution in [2.45, 2.75) is 44.4 Å². The second-order valence-corrected chi connectivity index (χ2v) is 9.98. The fourth-order valence-corrected chi connectivity index (χ4v) is 5.34. The molecule has 1 fully saturated rings. The van der Waals surface area contributed by atoms with E-state index in [0.717, 1.165) is 37.0 Å². The van der Waals surface area contributed by atoms with Gasteiger partial charge in [-0.25, -0.2) is 0 Å². The van der Waals surface area contributed by atoms with Crippen LogP contribution in [-0.2, 0) is 20.1 Å². The van der Waals surface area contributed by atoms with Gasteiger partial charge in [-0.1, -0.05) is 43.2 Å². The summed E-state index contributed by atoms with van der Waals surface area (Å²) in [7, 11) is 0. The third-order valence-electron chi connectivity index (χ3n) is 6.35. The molecule has 194 valence electrons. The Morgan fingerprint density at radius 1 is 1.25 bits per heavy atom. The van der Waals surface area contributed by atoms with Gasteiger partial charge in [-0.2, -0.15) is 0 Å². The van der Waals surface area contributed by atoms with E-state index in [1.54, 1.807) is 4.90 Å². The van der Waals surface area contributed by atoms with Crippen LogP contribution in [0.15, 0.2) is 40.5 Å². The highest BCUT2D eigenvalue weighted by molar-refractivity contribution is 7.99. The molecule has 1 atom stereocenters. The lowest BCUT2D eigenvalue weighted by atomic mass is 9.95. The number of ketones is 1. The van der Waals surface area contributed by atoms with Crippen LogP contribution in [0.25, 0.3) is 0 Å². The number of carbonyl (C=O) groups is 3. The minimum absolute atomic E-state index is 0.0324. The molecular weight excluding hydrogens is 480 g/mol. The van der Waals surface area contributed by atoms with E-state index in [-0.39, 0.29) is 53.9 Å². The number of rotatable bonds is 12. The Hall–Kier alpha value is -3.21. The van der Waals surface area contributed by atoms with Gasteiger partial charge in [-0.05, 0) is 31.2 Å². The van der Waals surface area contributed by atoms with Crippen molar-refractivity contribution in [3.63, 3.8) is 0 Å². The van der Waals surface area contributed by atoms with Crippen LogP contribution in [0.4, 0.5) is 0 Å². The average Bonchev–Trinajstić information content (AvgIpc) is 3.40. The summed E-state index contributed by atoms with van der Waals surface area (Å²) in [6, 6.07) is 9.25.